The molecule has 20 heavy (non-hydrogen) atoms. The molecule has 1 aromatic heterocycles. The van der Waals surface area contributed by atoms with Gasteiger partial charge in [0.2, 0.25) is 0 Å². The van der Waals surface area contributed by atoms with Crippen molar-refractivity contribution in [2.24, 2.45) is 0 Å². The maximum atomic E-state index is 12.1. The number of amides is 2. The lowest BCUT2D eigenvalue weighted by Gasteiger charge is -2.16. The molecular formula is C14H15NO3S2. The van der Waals surface area contributed by atoms with Crippen LogP contribution in [0.4, 0.5) is 4.79 Å². The van der Waals surface area contributed by atoms with Crippen molar-refractivity contribution in [3.8, 4) is 0 Å². The summed E-state index contributed by atoms with van der Waals surface area (Å²) < 4.78 is 5.57. The molecule has 0 atom stereocenters. The Labute approximate surface area is 126 Å². The highest BCUT2D eigenvalue weighted by Crippen LogP contribution is 2.34. The van der Waals surface area contributed by atoms with Gasteiger partial charge in [-0.3, -0.25) is 14.5 Å². The van der Waals surface area contributed by atoms with Gasteiger partial charge in [-0.05, 0) is 49.6 Å². The van der Waals surface area contributed by atoms with E-state index in [4.69, 9.17) is 4.42 Å². The van der Waals surface area contributed by atoms with Gasteiger partial charge in [0.15, 0.2) is 5.09 Å². The third-order valence-electron chi connectivity index (χ3n) is 2.49. The topological polar surface area (TPSA) is 50.5 Å². The number of imide groups is 1. The molecule has 0 spiro atoms. The molecule has 2 heterocycles. The molecule has 0 aliphatic carbocycles. The summed E-state index contributed by atoms with van der Waals surface area (Å²) in [5.74, 6) is 0.295. The highest BCUT2D eigenvalue weighted by molar-refractivity contribution is 8.18. The van der Waals surface area contributed by atoms with E-state index in [-0.39, 0.29) is 17.2 Å². The van der Waals surface area contributed by atoms with Gasteiger partial charge in [-0.25, -0.2) is 0 Å². The molecule has 0 bridgehead atoms. The van der Waals surface area contributed by atoms with Crippen LogP contribution in [0.25, 0.3) is 6.08 Å². The van der Waals surface area contributed by atoms with Crippen LogP contribution >= 0.6 is 23.5 Å². The van der Waals surface area contributed by atoms with Crippen LogP contribution < -0.4 is 0 Å². The van der Waals surface area contributed by atoms with Gasteiger partial charge in [0.1, 0.15) is 5.76 Å². The van der Waals surface area contributed by atoms with Gasteiger partial charge < -0.3 is 4.42 Å². The van der Waals surface area contributed by atoms with Crippen molar-refractivity contribution in [3.63, 3.8) is 0 Å². The van der Waals surface area contributed by atoms with Crippen LogP contribution in [-0.2, 0) is 4.79 Å². The predicted octanol–water partition coefficient (Wildman–Crippen LogP) is 4.35. The molecule has 1 fully saturated rings. The third-order valence-corrected chi connectivity index (χ3v) is 4.14. The highest BCUT2D eigenvalue weighted by Gasteiger charge is 2.36. The average molecular weight is 309 g/mol. The van der Waals surface area contributed by atoms with Gasteiger partial charge in [-0.1, -0.05) is 18.3 Å². The van der Waals surface area contributed by atoms with Crippen LogP contribution in [0, 0.1) is 0 Å². The normalized spacial score (nSPS) is 17.6. The molecule has 0 unspecified atom stereocenters. The molecule has 0 saturated carbocycles. The van der Waals surface area contributed by atoms with Crippen LogP contribution in [0.3, 0.4) is 0 Å². The van der Waals surface area contributed by atoms with Crippen molar-refractivity contribution in [2.75, 3.05) is 0 Å². The Hall–Kier alpha value is -1.40. The summed E-state index contributed by atoms with van der Waals surface area (Å²) in [5, 5.41) is 0.478. The van der Waals surface area contributed by atoms with Gasteiger partial charge in [0.05, 0.1) is 4.91 Å². The molecule has 2 amide bonds. The minimum absolute atomic E-state index is 0.139. The number of hydrogen-bond donors (Lipinski definition) is 0. The zero-order chi connectivity index (χ0) is 14.9. The van der Waals surface area contributed by atoms with E-state index in [2.05, 4.69) is 6.58 Å². The van der Waals surface area contributed by atoms with E-state index >= 15 is 0 Å². The molecule has 2 rings (SSSR count). The Bertz CT molecular complexity index is 601. The number of carbonyl (C=O) groups is 2. The van der Waals surface area contributed by atoms with E-state index in [0.717, 1.165) is 16.7 Å². The summed E-state index contributed by atoms with van der Waals surface area (Å²) in [5.41, 5.74) is 0. The Balaban J connectivity index is 2.19. The second-order valence-electron chi connectivity index (χ2n) is 4.61. The fourth-order valence-electron chi connectivity index (χ4n) is 1.69. The van der Waals surface area contributed by atoms with Gasteiger partial charge >= 0.3 is 0 Å². The lowest BCUT2D eigenvalue weighted by molar-refractivity contribution is -0.123. The second-order valence-corrected chi connectivity index (χ2v) is 6.90. The molecule has 1 aliphatic rings. The first-order chi connectivity index (χ1) is 9.38. The molecule has 0 radical (unpaired) electrons. The fourth-order valence-corrected chi connectivity index (χ4v) is 3.25. The summed E-state index contributed by atoms with van der Waals surface area (Å²) in [6, 6.07) is 3.45. The monoisotopic (exact) mass is 309 g/mol. The van der Waals surface area contributed by atoms with Gasteiger partial charge in [-0.2, -0.15) is 0 Å². The lowest BCUT2D eigenvalue weighted by atomic mass is 10.3. The predicted molar refractivity (Wildman–Crippen MR) is 82.3 cm³/mol. The summed E-state index contributed by atoms with van der Waals surface area (Å²) in [7, 11) is 0. The van der Waals surface area contributed by atoms with Crippen LogP contribution in [-0.4, -0.2) is 22.1 Å². The minimum atomic E-state index is -0.263. The summed E-state index contributed by atoms with van der Waals surface area (Å²) in [6.07, 6.45) is 1.61. The molecule has 106 valence electrons. The molecule has 1 aliphatic heterocycles. The van der Waals surface area contributed by atoms with Crippen LogP contribution in [0.2, 0.25) is 0 Å². The van der Waals surface area contributed by atoms with Gasteiger partial charge in [0.25, 0.3) is 11.1 Å². The maximum Gasteiger partial charge on any atom is 0.293 e. The minimum Gasteiger partial charge on any atom is -0.450 e. The lowest BCUT2D eigenvalue weighted by Crippen LogP contribution is -2.34. The quantitative estimate of drug-likeness (QED) is 0.611. The average Bonchev–Trinajstić information content (AvgIpc) is 2.84. The number of carbonyl (C=O) groups excluding carboxylic acids is 2. The van der Waals surface area contributed by atoms with Crippen molar-refractivity contribution in [2.45, 2.75) is 31.9 Å². The molecule has 0 N–H and O–H groups in total. The summed E-state index contributed by atoms with van der Waals surface area (Å²) >= 11 is 2.37. The molecular weight excluding hydrogens is 294 g/mol. The first kappa shape index (κ1) is 15.0. The van der Waals surface area contributed by atoms with Crippen molar-refractivity contribution in [1.29, 1.82) is 0 Å². The Kier molecular flexibility index (Phi) is 4.45. The molecule has 6 heteroatoms. The fraction of sp³-hybridized carbons (Fsp3) is 0.286. The Morgan fingerprint density at radius 2 is 2.15 bits per heavy atom. The van der Waals surface area contributed by atoms with Crippen LogP contribution in [0.15, 0.2) is 38.0 Å². The SMILES string of the molecule is C=C(C)Sc1ccc(/C=C2\SC(=O)N(C(C)C)C2=O)o1. The maximum absolute atomic E-state index is 12.1. The number of rotatable bonds is 4. The van der Waals surface area contributed by atoms with E-state index in [0.29, 0.717) is 15.8 Å². The van der Waals surface area contributed by atoms with Gasteiger partial charge in [0, 0.05) is 12.1 Å². The zero-order valence-corrected chi connectivity index (χ0v) is 13.1. The zero-order valence-electron chi connectivity index (χ0n) is 11.5. The van der Waals surface area contributed by atoms with Gasteiger partial charge in [-0.15, -0.1) is 0 Å². The number of allylic oxidation sites excluding steroid dienone is 1. The molecule has 4 nitrogen and oxygen atoms in total. The van der Waals surface area contributed by atoms with E-state index in [1.54, 1.807) is 12.1 Å². The highest BCUT2D eigenvalue weighted by atomic mass is 32.2. The second kappa shape index (κ2) is 5.93. The third kappa shape index (κ3) is 3.19. The van der Waals surface area contributed by atoms with Crippen molar-refractivity contribution >= 4 is 40.7 Å². The first-order valence-corrected chi connectivity index (χ1v) is 7.72. The van der Waals surface area contributed by atoms with E-state index in [9.17, 15) is 9.59 Å². The van der Waals surface area contributed by atoms with Crippen molar-refractivity contribution < 1.29 is 14.0 Å². The summed E-state index contributed by atoms with van der Waals surface area (Å²) in [4.78, 5) is 26.4. The van der Waals surface area contributed by atoms with Crippen LogP contribution in [0.1, 0.15) is 26.5 Å². The number of thioether (sulfide) groups is 2. The number of nitrogens with zero attached hydrogens (tertiary/aromatic N) is 1. The Morgan fingerprint density at radius 3 is 2.70 bits per heavy atom. The van der Waals surface area contributed by atoms with Crippen molar-refractivity contribution in [3.05, 3.63) is 34.3 Å². The van der Waals surface area contributed by atoms with Crippen molar-refractivity contribution in [1.82, 2.24) is 4.90 Å². The largest absolute Gasteiger partial charge is 0.450 e. The van der Waals surface area contributed by atoms with Crippen LogP contribution in [0.5, 0.6) is 0 Å². The van der Waals surface area contributed by atoms with E-state index in [1.165, 1.54) is 16.7 Å². The summed E-state index contributed by atoms with van der Waals surface area (Å²) in [6.45, 7) is 9.31. The molecule has 0 aromatic carbocycles. The number of furan rings is 1. The Morgan fingerprint density at radius 1 is 1.45 bits per heavy atom. The smallest absolute Gasteiger partial charge is 0.293 e. The van der Waals surface area contributed by atoms with E-state index < -0.39 is 0 Å². The number of hydrogen-bond acceptors (Lipinski definition) is 5. The molecule has 1 aromatic rings. The standard InChI is InChI=1S/C14H15NO3S2/c1-8(2)15-13(16)11(20-14(15)17)7-10-5-6-12(18-10)19-9(3)4/h5-8H,3H2,1-2,4H3/b11-7-. The molecule has 1 saturated heterocycles. The first-order valence-electron chi connectivity index (χ1n) is 6.08. The van der Waals surface area contributed by atoms with E-state index in [1.807, 2.05) is 26.8 Å².